The Kier molecular flexibility index (Phi) is 5.41. The van der Waals surface area contributed by atoms with Gasteiger partial charge in [0.2, 0.25) is 0 Å². The first kappa shape index (κ1) is 14.9. The predicted molar refractivity (Wildman–Crippen MR) is 75.7 cm³/mol. The first-order chi connectivity index (χ1) is 9.69. The first-order valence-electron chi connectivity index (χ1n) is 7.29. The Labute approximate surface area is 119 Å². The highest BCUT2D eigenvalue weighted by atomic mass is 16.5. The molecule has 1 saturated carbocycles. The van der Waals surface area contributed by atoms with E-state index in [9.17, 15) is 9.90 Å². The molecule has 110 valence electrons. The van der Waals surface area contributed by atoms with Gasteiger partial charge in [0, 0.05) is 6.42 Å². The van der Waals surface area contributed by atoms with Gasteiger partial charge in [0.15, 0.2) is 6.10 Å². The number of hydrogen-bond acceptors (Lipinski definition) is 4. The van der Waals surface area contributed by atoms with Crippen molar-refractivity contribution < 1.29 is 19.4 Å². The maximum Gasteiger partial charge on any atom is 0.335 e. The smallest absolute Gasteiger partial charge is 0.335 e. The Bertz CT molecular complexity index is 421. The second kappa shape index (κ2) is 7.29. The highest BCUT2D eigenvalue weighted by Crippen LogP contribution is 2.24. The summed E-state index contributed by atoms with van der Waals surface area (Å²) in [6, 6.07) is 7.55. The third-order valence-electron chi connectivity index (χ3n) is 3.52. The summed E-state index contributed by atoms with van der Waals surface area (Å²) in [6.07, 6.45) is 4.25. The molecule has 0 aliphatic heterocycles. The van der Waals surface area contributed by atoms with Crippen LogP contribution in [0, 0.1) is 0 Å². The number of esters is 1. The van der Waals surface area contributed by atoms with E-state index in [4.69, 9.17) is 9.47 Å². The van der Waals surface area contributed by atoms with Crippen LogP contribution in [0.2, 0.25) is 0 Å². The second-order valence-electron chi connectivity index (χ2n) is 5.14. The van der Waals surface area contributed by atoms with E-state index in [1.54, 1.807) is 6.92 Å². The van der Waals surface area contributed by atoms with Crippen molar-refractivity contribution in [2.24, 2.45) is 0 Å². The van der Waals surface area contributed by atoms with Crippen LogP contribution in [0.4, 0.5) is 0 Å². The molecule has 2 rings (SSSR count). The Hall–Kier alpha value is -1.55. The normalized spacial score (nSPS) is 16.9. The van der Waals surface area contributed by atoms with Gasteiger partial charge in [0.05, 0.1) is 12.7 Å². The molecule has 0 radical (unpaired) electrons. The third kappa shape index (κ3) is 4.23. The van der Waals surface area contributed by atoms with E-state index in [0.717, 1.165) is 24.2 Å². The van der Waals surface area contributed by atoms with Gasteiger partial charge in [-0.1, -0.05) is 12.1 Å². The monoisotopic (exact) mass is 278 g/mol. The number of aliphatic hydroxyl groups is 1. The lowest BCUT2D eigenvalue weighted by Crippen LogP contribution is -2.25. The number of carbonyl (C=O) groups is 1. The highest BCUT2D eigenvalue weighted by Gasteiger charge is 2.18. The van der Waals surface area contributed by atoms with Crippen molar-refractivity contribution in [2.45, 2.75) is 51.2 Å². The zero-order valence-corrected chi connectivity index (χ0v) is 11.9. The molecule has 1 unspecified atom stereocenters. The quantitative estimate of drug-likeness (QED) is 0.812. The molecule has 4 heteroatoms. The van der Waals surface area contributed by atoms with Gasteiger partial charge in [-0.15, -0.1) is 0 Å². The lowest BCUT2D eigenvalue weighted by Gasteiger charge is -2.14. The SMILES string of the molecule is CCOC(=O)C(O)Cc1ccc(OC2CCCC2)cc1. The lowest BCUT2D eigenvalue weighted by atomic mass is 10.1. The summed E-state index contributed by atoms with van der Waals surface area (Å²) in [5.74, 6) is 0.282. The van der Waals surface area contributed by atoms with Gasteiger partial charge in [0.25, 0.3) is 0 Å². The van der Waals surface area contributed by atoms with E-state index in [2.05, 4.69) is 0 Å². The van der Waals surface area contributed by atoms with Crippen molar-refractivity contribution >= 4 is 5.97 Å². The van der Waals surface area contributed by atoms with Crippen LogP contribution < -0.4 is 4.74 Å². The van der Waals surface area contributed by atoms with Crippen LogP contribution >= 0.6 is 0 Å². The van der Waals surface area contributed by atoms with E-state index in [1.807, 2.05) is 24.3 Å². The number of ether oxygens (including phenoxy) is 2. The van der Waals surface area contributed by atoms with Crippen molar-refractivity contribution in [3.05, 3.63) is 29.8 Å². The van der Waals surface area contributed by atoms with Gasteiger partial charge in [0.1, 0.15) is 5.75 Å². The summed E-state index contributed by atoms with van der Waals surface area (Å²) in [5.41, 5.74) is 0.893. The average molecular weight is 278 g/mol. The molecule has 1 aromatic rings. The van der Waals surface area contributed by atoms with Crippen LogP contribution in [0.3, 0.4) is 0 Å². The minimum Gasteiger partial charge on any atom is -0.490 e. The first-order valence-corrected chi connectivity index (χ1v) is 7.29. The second-order valence-corrected chi connectivity index (χ2v) is 5.14. The molecular weight excluding hydrogens is 256 g/mol. The lowest BCUT2D eigenvalue weighted by molar-refractivity contribution is -0.152. The van der Waals surface area contributed by atoms with Gasteiger partial charge in [-0.25, -0.2) is 4.79 Å². The van der Waals surface area contributed by atoms with E-state index >= 15 is 0 Å². The molecule has 0 bridgehead atoms. The standard InChI is InChI=1S/C16H22O4/c1-2-19-16(18)15(17)11-12-7-9-14(10-8-12)20-13-5-3-4-6-13/h7-10,13,15,17H,2-6,11H2,1H3. The maximum atomic E-state index is 11.3. The van der Waals surface area contributed by atoms with Crippen molar-refractivity contribution in [3.8, 4) is 5.75 Å². The molecule has 0 amide bonds. The Morgan fingerprint density at radius 2 is 1.95 bits per heavy atom. The van der Waals surface area contributed by atoms with Crippen LogP contribution in [-0.4, -0.2) is 29.9 Å². The minimum atomic E-state index is -1.10. The zero-order valence-electron chi connectivity index (χ0n) is 11.9. The van der Waals surface area contributed by atoms with Crippen molar-refractivity contribution in [2.75, 3.05) is 6.61 Å². The molecule has 1 N–H and O–H groups in total. The van der Waals surface area contributed by atoms with Crippen molar-refractivity contribution in [3.63, 3.8) is 0 Å². The summed E-state index contributed by atoms with van der Waals surface area (Å²) in [4.78, 5) is 11.3. The van der Waals surface area contributed by atoms with Gasteiger partial charge in [-0.2, -0.15) is 0 Å². The van der Waals surface area contributed by atoms with Crippen molar-refractivity contribution in [1.29, 1.82) is 0 Å². The van der Waals surface area contributed by atoms with E-state index < -0.39 is 12.1 Å². The fourth-order valence-electron chi connectivity index (χ4n) is 2.45. The molecule has 0 spiro atoms. The summed E-state index contributed by atoms with van der Waals surface area (Å²) in [6.45, 7) is 2.00. The molecule has 1 aromatic carbocycles. The summed E-state index contributed by atoms with van der Waals surface area (Å²) >= 11 is 0. The Balaban J connectivity index is 1.85. The van der Waals surface area contributed by atoms with Crippen LogP contribution in [0.15, 0.2) is 24.3 Å². The van der Waals surface area contributed by atoms with Crippen LogP contribution in [0.5, 0.6) is 5.75 Å². The van der Waals surface area contributed by atoms with Gasteiger partial charge in [-0.3, -0.25) is 0 Å². The minimum absolute atomic E-state index is 0.266. The molecule has 0 heterocycles. The highest BCUT2D eigenvalue weighted by molar-refractivity contribution is 5.74. The van der Waals surface area contributed by atoms with Crippen molar-refractivity contribution in [1.82, 2.24) is 0 Å². The average Bonchev–Trinajstić information content (AvgIpc) is 2.94. The predicted octanol–water partition coefficient (Wildman–Crippen LogP) is 2.47. The molecule has 1 atom stereocenters. The molecule has 4 nitrogen and oxygen atoms in total. The topological polar surface area (TPSA) is 55.8 Å². The van der Waals surface area contributed by atoms with E-state index in [0.29, 0.717) is 6.10 Å². The fraction of sp³-hybridized carbons (Fsp3) is 0.562. The van der Waals surface area contributed by atoms with Crippen LogP contribution in [0.25, 0.3) is 0 Å². The van der Waals surface area contributed by atoms with E-state index in [-0.39, 0.29) is 13.0 Å². The van der Waals surface area contributed by atoms with Gasteiger partial charge in [-0.05, 0) is 50.3 Å². The van der Waals surface area contributed by atoms with Gasteiger partial charge < -0.3 is 14.6 Å². The number of carbonyl (C=O) groups excluding carboxylic acids is 1. The number of aliphatic hydroxyl groups excluding tert-OH is 1. The van der Waals surface area contributed by atoms with Gasteiger partial charge >= 0.3 is 5.97 Å². The van der Waals surface area contributed by atoms with Crippen LogP contribution in [0.1, 0.15) is 38.2 Å². The molecule has 1 aliphatic carbocycles. The third-order valence-corrected chi connectivity index (χ3v) is 3.52. The fourth-order valence-corrected chi connectivity index (χ4v) is 2.45. The zero-order chi connectivity index (χ0) is 14.4. The summed E-state index contributed by atoms with van der Waals surface area (Å²) in [7, 11) is 0. The maximum absolute atomic E-state index is 11.3. The summed E-state index contributed by atoms with van der Waals surface area (Å²) < 4.78 is 10.6. The number of hydrogen-bond donors (Lipinski definition) is 1. The molecule has 1 fully saturated rings. The molecule has 1 aliphatic rings. The van der Waals surface area contributed by atoms with Crippen LogP contribution in [-0.2, 0) is 16.0 Å². The molecular formula is C16H22O4. The molecule has 0 aromatic heterocycles. The van der Waals surface area contributed by atoms with E-state index in [1.165, 1.54) is 12.8 Å². The largest absolute Gasteiger partial charge is 0.490 e. The summed E-state index contributed by atoms with van der Waals surface area (Å²) in [5, 5.41) is 9.70. The number of benzene rings is 1. The molecule has 0 saturated heterocycles. The Morgan fingerprint density at radius 1 is 1.30 bits per heavy atom. The Morgan fingerprint density at radius 3 is 2.55 bits per heavy atom. The molecule has 20 heavy (non-hydrogen) atoms. The number of rotatable bonds is 6.